The van der Waals surface area contributed by atoms with Gasteiger partial charge in [0, 0.05) is 43.1 Å². The van der Waals surface area contributed by atoms with Crippen molar-refractivity contribution < 1.29 is 18.8 Å². The predicted molar refractivity (Wildman–Crippen MR) is 141 cm³/mol. The molecule has 2 heterocycles. The van der Waals surface area contributed by atoms with Crippen LogP contribution in [0.1, 0.15) is 10.4 Å². The maximum Gasteiger partial charge on any atom is 0.283 e. The SMILES string of the molecule is O=C(c1cccc(NC2=C(Cl)C(=O)N(c3ccc(F)c(Cl)c3)C2=O)c1)N1CCN(c2ccccc2)CC1. The normalized spacial score (nSPS) is 16.0. The molecule has 0 unspecified atom stereocenters. The average Bonchev–Trinajstić information content (AvgIpc) is 3.13. The van der Waals surface area contributed by atoms with E-state index < -0.39 is 17.6 Å². The van der Waals surface area contributed by atoms with Crippen LogP contribution in [0.2, 0.25) is 5.02 Å². The molecule has 0 saturated carbocycles. The quantitative estimate of drug-likeness (QED) is 0.469. The number of anilines is 3. The molecule has 7 nitrogen and oxygen atoms in total. The molecule has 2 aliphatic rings. The molecule has 0 atom stereocenters. The maximum atomic E-state index is 13.6. The van der Waals surface area contributed by atoms with Gasteiger partial charge in [0.2, 0.25) is 0 Å². The minimum atomic E-state index is -0.764. The van der Waals surface area contributed by atoms with Gasteiger partial charge in [-0.3, -0.25) is 14.4 Å². The van der Waals surface area contributed by atoms with Gasteiger partial charge in [-0.2, -0.15) is 0 Å². The van der Waals surface area contributed by atoms with Gasteiger partial charge in [-0.05, 0) is 48.5 Å². The van der Waals surface area contributed by atoms with E-state index in [9.17, 15) is 18.8 Å². The number of para-hydroxylation sites is 1. The van der Waals surface area contributed by atoms with Crippen LogP contribution in [0.25, 0.3) is 0 Å². The van der Waals surface area contributed by atoms with Gasteiger partial charge in [0.25, 0.3) is 17.7 Å². The third-order valence-corrected chi connectivity index (χ3v) is 6.90. The second-order valence-corrected chi connectivity index (χ2v) is 9.34. The fourth-order valence-corrected chi connectivity index (χ4v) is 4.72. The topological polar surface area (TPSA) is 73.0 Å². The van der Waals surface area contributed by atoms with Crippen LogP contribution in [0.5, 0.6) is 0 Å². The monoisotopic (exact) mass is 538 g/mol. The highest BCUT2D eigenvalue weighted by Gasteiger charge is 2.39. The van der Waals surface area contributed by atoms with Gasteiger partial charge in [-0.25, -0.2) is 9.29 Å². The van der Waals surface area contributed by atoms with E-state index in [-0.39, 0.29) is 27.3 Å². The molecule has 0 bridgehead atoms. The Morgan fingerprint density at radius 1 is 0.811 bits per heavy atom. The van der Waals surface area contributed by atoms with Crippen LogP contribution < -0.4 is 15.1 Å². The zero-order valence-electron chi connectivity index (χ0n) is 19.5. The lowest BCUT2D eigenvalue weighted by Gasteiger charge is -2.36. The number of nitrogens with zero attached hydrogens (tertiary/aromatic N) is 3. The Kier molecular flexibility index (Phi) is 6.86. The van der Waals surface area contributed by atoms with Gasteiger partial charge in [-0.1, -0.05) is 47.5 Å². The molecule has 188 valence electrons. The second-order valence-electron chi connectivity index (χ2n) is 8.55. The Labute approximate surface area is 222 Å². The van der Waals surface area contributed by atoms with E-state index in [1.807, 2.05) is 30.3 Å². The number of piperazine rings is 1. The Morgan fingerprint density at radius 2 is 1.54 bits per heavy atom. The Bertz CT molecular complexity index is 1420. The molecule has 5 rings (SSSR count). The average molecular weight is 539 g/mol. The Hall–Kier alpha value is -3.88. The highest BCUT2D eigenvalue weighted by atomic mass is 35.5. The van der Waals surface area contributed by atoms with Crippen molar-refractivity contribution in [1.29, 1.82) is 0 Å². The van der Waals surface area contributed by atoms with E-state index in [0.717, 1.165) is 29.7 Å². The number of halogens is 3. The third kappa shape index (κ3) is 4.90. The van der Waals surface area contributed by atoms with Gasteiger partial charge < -0.3 is 15.1 Å². The van der Waals surface area contributed by atoms with Crippen molar-refractivity contribution in [2.24, 2.45) is 0 Å². The van der Waals surface area contributed by atoms with E-state index in [2.05, 4.69) is 10.2 Å². The Morgan fingerprint density at radius 3 is 2.24 bits per heavy atom. The molecule has 0 aliphatic carbocycles. The van der Waals surface area contributed by atoms with Crippen molar-refractivity contribution in [3.05, 3.63) is 99.9 Å². The summed E-state index contributed by atoms with van der Waals surface area (Å²) in [7, 11) is 0. The van der Waals surface area contributed by atoms with Crippen LogP contribution in [0.3, 0.4) is 0 Å². The number of hydrogen-bond acceptors (Lipinski definition) is 5. The van der Waals surface area contributed by atoms with Gasteiger partial charge in [0.15, 0.2) is 0 Å². The molecular weight excluding hydrogens is 518 g/mol. The number of benzene rings is 3. The highest BCUT2D eigenvalue weighted by Crippen LogP contribution is 2.32. The molecule has 3 amide bonds. The van der Waals surface area contributed by atoms with Crippen LogP contribution in [-0.2, 0) is 9.59 Å². The van der Waals surface area contributed by atoms with E-state index in [4.69, 9.17) is 23.2 Å². The largest absolute Gasteiger partial charge is 0.368 e. The van der Waals surface area contributed by atoms with Crippen molar-refractivity contribution in [3.8, 4) is 0 Å². The first-order valence-corrected chi connectivity index (χ1v) is 12.3. The van der Waals surface area contributed by atoms with Gasteiger partial charge >= 0.3 is 0 Å². The van der Waals surface area contributed by atoms with Crippen molar-refractivity contribution in [2.75, 3.05) is 41.3 Å². The number of carbonyl (C=O) groups excluding carboxylic acids is 3. The molecule has 1 saturated heterocycles. The van der Waals surface area contributed by atoms with Crippen LogP contribution in [-0.4, -0.2) is 48.8 Å². The lowest BCUT2D eigenvalue weighted by molar-refractivity contribution is -0.120. The molecule has 0 radical (unpaired) electrons. The lowest BCUT2D eigenvalue weighted by atomic mass is 10.1. The smallest absolute Gasteiger partial charge is 0.283 e. The zero-order chi connectivity index (χ0) is 26.1. The summed E-state index contributed by atoms with van der Waals surface area (Å²) in [4.78, 5) is 43.7. The second kappa shape index (κ2) is 10.2. The number of carbonyl (C=O) groups is 3. The molecule has 0 aromatic heterocycles. The fourth-order valence-electron chi connectivity index (χ4n) is 4.33. The Balaban J connectivity index is 1.28. The molecule has 3 aromatic carbocycles. The van der Waals surface area contributed by atoms with Crippen molar-refractivity contribution >= 4 is 58.0 Å². The van der Waals surface area contributed by atoms with Gasteiger partial charge in [-0.15, -0.1) is 0 Å². The predicted octanol–water partition coefficient (Wildman–Crippen LogP) is 4.88. The first-order valence-electron chi connectivity index (χ1n) is 11.5. The summed E-state index contributed by atoms with van der Waals surface area (Å²) >= 11 is 12.0. The minimum absolute atomic E-state index is 0.0925. The van der Waals surface area contributed by atoms with E-state index in [1.54, 1.807) is 29.2 Å². The molecule has 0 spiro atoms. The number of rotatable bonds is 5. The standard InChI is InChI=1S/C27H21Cl2FN4O3/c28-21-16-20(9-10-22(21)30)34-26(36)23(29)24(27(34)37)31-18-6-4-5-17(15-18)25(35)33-13-11-32(12-14-33)19-7-2-1-3-8-19/h1-10,15-16,31H,11-14H2. The number of imide groups is 1. The summed E-state index contributed by atoms with van der Waals surface area (Å²) in [5.74, 6) is -2.29. The molecule has 2 aliphatic heterocycles. The molecule has 3 aromatic rings. The molecular formula is C27H21Cl2FN4O3. The number of amides is 3. The maximum absolute atomic E-state index is 13.6. The summed E-state index contributed by atoms with van der Waals surface area (Å²) in [5, 5.41) is 2.32. The van der Waals surface area contributed by atoms with Crippen molar-refractivity contribution in [2.45, 2.75) is 0 Å². The molecule has 1 fully saturated rings. The van der Waals surface area contributed by atoms with E-state index in [0.29, 0.717) is 24.3 Å². The zero-order valence-corrected chi connectivity index (χ0v) is 21.0. The summed E-state index contributed by atoms with van der Waals surface area (Å²) in [6, 6.07) is 20.2. The molecule has 10 heteroatoms. The van der Waals surface area contributed by atoms with Gasteiger partial charge in [0.1, 0.15) is 16.5 Å². The van der Waals surface area contributed by atoms with Crippen LogP contribution in [0.4, 0.5) is 21.5 Å². The minimum Gasteiger partial charge on any atom is -0.368 e. The van der Waals surface area contributed by atoms with Gasteiger partial charge in [0.05, 0.1) is 10.7 Å². The summed E-state index contributed by atoms with van der Waals surface area (Å²) in [6.45, 7) is 2.58. The number of nitrogens with one attached hydrogen (secondary N) is 1. The first-order chi connectivity index (χ1) is 17.8. The molecule has 37 heavy (non-hydrogen) atoms. The summed E-state index contributed by atoms with van der Waals surface area (Å²) in [5.41, 5.74) is 1.93. The van der Waals surface area contributed by atoms with Crippen molar-refractivity contribution in [3.63, 3.8) is 0 Å². The lowest BCUT2D eigenvalue weighted by Crippen LogP contribution is -2.48. The fraction of sp³-hybridized carbons (Fsp3) is 0.148. The van der Waals surface area contributed by atoms with E-state index in [1.165, 1.54) is 12.1 Å². The summed E-state index contributed by atoms with van der Waals surface area (Å²) in [6.07, 6.45) is 0. The highest BCUT2D eigenvalue weighted by molar-refractivity contribution is 6.53. The van der Waals surface area contributed by atoms with Crippen LogP contribution in [0.15, 0.2) is 83.5 Å². The number of hydrogen-bond donors (Lipinski definition) is 1. The summed E-state index contributed by atoms with van der Waals surface area (Å²) < 4.78 is 13.6. The van der Waals surface area contributed by atoms with Crippen molar-refractivity contribution in [1.82, 2.24) is 4.90 Å². The van der Waals surface area contributed by atoms with Crippen LogP contribution in [0, 0.1) is 5.82 Å². The third-order valence-electron chi connectivity index (χ3n) is 6.26. The molecule has 1 N–H and O–H groups in total. The van der Waals surface area contributed by atoms with Crippen LogP contribution >= 0.6 is 23.2 Å². The van der Waals surface area contributed by atoms with E-state index >= 15 is 0 Å². The first kappa shape index (κ1) is 24.8.